The maximum atomic E-state index is 5.77. The van der Waals surface area contributed by atoms with Crippen LogP contribution in [0.1, 0.15) is 39.0 Å². The lowest BCUT2D eigenvalue weighted by molar-refractivity contribution is 0.274. The van der Waals surface area contributed by atoms with Gasteiger partial charge in [-0.3, -0.25) is 0 Å². The number of nitrogen functional groups attached to an aromatic ring is 1. The van der Waals surface area contributed by atoms with Crippen LogP contribution in [0.15, 0.2) is 12.5 Å². The van der Waals surface area contributed by atoms with E-state index in [-0.39, 0.29) is 0 Å². The van der Waals surface area contributed by atoms with E-state index in [0.717, 1.165) is 24.2 Å². The topological polar surface area (TPSA) is 63.8 Å². The van der Waals surface area contributed by atoms with Crippen molar-refractivity contribution in [3.63, 3.8) is 0 Å². The van der Waals surface area contributed by atoms with Gasteiger partial charge in [0.2, 0.25) is 0 Å². The first-order chi connectivity index (χ1) is 8.25. The molecule has 1 aromatic heterocycles. The lowest BCUT2D eigenvalue weighted by Crippen LogP contribution is -2.17. The van der Waals surface area contributed by atoms with Crippen molar-refractivity contribution in [3.05, 3.63) is 12.5 Å². The molecule has 1 aliphatic rings. The van der Waals surface area contributed by atoms with Gasteiger partial charge < -0.3 is 11.1 Å². The molecule has 1 heterocycles. The van der Waals surface area contributed by atoms with E-state index >= 15 is 0 Å². The van der Waals surface area contributed by atoms with Crippen LogP contribution in [0, 0.1) is 11.8 Å². The summed E-state index contributed by atoms with van der Waals surface area (Å²) < 4.78 is 0. The van der Waals surface area contributed by atoms with Crippen molar-refractivity contribution < 1.29 is 0 Å². The van der Waals surface area contributed by atoms with Crippen molar-refractivity contribution in [1.29, 1.82) is 0 Å². The number of nitrogens with zero attached hydrogens (tertiary/aromatic N) is 2. The Balaban J connectivity index is 1.74. The van der Waals surface area contributed by atoms with Crippen molar-refractivity contribution in [2.24, 2.45) is 11.8 Å². The van der Waals surface area contributed by atoms with Gasteiger partial charge in [-0.1, -0.05) is 26.2 Å². The molecule has 3 N–H and O–H groups in total. The van der Waals surface area contributed by atoms with Gasteiger partial charge in [0.15, 0.2) is 5.82 Å². The van der Waals surface area contributed by atoms with Gasteiger partial charge in [0, 0.05) is 6.54 Å². The van der Waals surface area contributed by atoms with Crippen LogP contribution in [-0.4, -0.2) is 16.5 Å². The Bertz CT molecular complexity index is 353. The fourth-order valence-corrected chi connectivity index (χ4v) is 2.70. The molecule has 0 aromatic carbocycles. The normalized spacial score (nSPS) is 24.5. The molecular weight excluding hydrogens is 212 g/mol. The third kappa shape index (κ3) is 3.58. The maximum Gasteiger partial charge on any atom is 0.152 e. The average molecular weight is 234 g/mol. The summed E-state index contributed by atoms with van der Waals surface area (Å²) in [5, 5.41) is 3.30. The first kappa shape index (κ1) is 12.1. The molecule has 2 unspecified atom stereocenters. The minimum atomic E-state index is 0.629. The second-order valence-corrected chi connectivity index (χ2v) is 5.18. The SMILES string of the molecule is CC1CCCC(CCNc2ncncc2N)C1. The fraction of sp³-hybridized carbons (Fsp3) is 0.692. The molecule has 0 radical (unpaired) electrons. The third-order valence-corrected chi connectivity index (χ3v) is 3.63. The van der Waals surface area contributed by atoms with Crippen LogP contribution in [0.25, 0.3) is 0 Å². The number of anilines is 2. The van der Waals surface area contributed by atoms with Crippen LogP contribution in [0.2, 0.25) is 0 Å². The van der Waals surface area contributed by atoms with Crippen LogP contribution in [0.3, 0.4) is 0 Å². The van der Waals surface area contributed by atoms with E-state index in [9.17, 15) is 0 Å². The molecule has 0 amide bonds. The minimum Gasteiger partial charge on any atom is -0.394 e. The smallest absolute Gasteiger partial charge is 0.152 e. The molecule has 1 aromatic rings. The second-order valence-electron chi connectivity index (χ2n) is 5.18. The van der Waals surface area contributed by atoms with Crippen LogP contribution in [0.5, 0.6) is 0 Å². The minimum absolute atomic E-state index is 0.629. The predicted octanol–water partition coefficient (Wildman–Crippen LogP) is 2.69. The van der Waals surface area contributed by atoms with Crippen molar-refractivity contribution >= 4 is 11.5 Å². The van der Waals surface area contributed by atoms with Gasteiger partial charge in [-0.2, -0.15) is 0 Å². The van der Waals surface area contributed by atoms with E-state index in [0.29, 0.717) is 5.69 Å². The zero-order valence-electron chi connectivity index (χ0n) is 10.5. The monoisotopic (exact) mass is 234 g/mol. The molecular formula is C13H22N4. The zero-order valence-corrected chi connectivity index (χ0v) is 10.5. The highest BCUT2D eigenvalue weighted by Gasteiger charge is 2.18. The number of nitrogens with two attached hydrogens (primary N) is 1. The predicted molar refractivity (Wildman–Crippen MR) is 70.7 cm³/mol. The number of rotatable bonds is 4. The summed E-state index contributed by atoms with van der Waals surface area (Å²) in [6.45, 7) is 3.32. The summed E-state index contributed by atoms with van der Waals surface area (Å²) in [4.78, 5) is 8.01. The summed E-state index contributed by atoms with van der Waals surface area (Å²) in [5.74, 6) is 2.54. The summed E-state index contributed by atoms with van der Waals surface area (Å²) in [5.41, 5.74) is 6.40. The molecule has 0 aliphatic heterocycles. The van der Waals surface area contributed by atoms with Crippen LogP contribution < -0.4 is 11.1 Å². The number of aromatic nitrogens is 2. The van der Waals surface area contributed by atoms with Crippen molar-refractivity contribution in [2.75, 3.05) is 17.6 Å². The molecule has 4 nitrogen and oxygen atoms in total. The Morgan fingerprint density at radius 3 is 3.12 bits per heavy atom. The van der Waals surface area contributed by atoms with Gasteiger partial charge in [-0.25, -0.2) is 9.97 Å². The van der Waals surface area contributed by atoms with Crippen LogP contribution in [-0.2, 0) is 0 Å². The highest BCUT2D eigenvalue weighted by molar-refractivity contribution is 5.58. The van der Waals surface area contributed by atoms with E-state index in [1.165, 1.54) is 38.4 Å². The zero-order chi connectivity index (χ0) is 12.1. The van der Waals surface area contributed by atoms with Gasteiger partial charge in [-0.15, -0.1) is 0 Å². The molecule has 0 saturated heterocycles. The summed E-state index contributed by atoms with van der Waals surface area (Å²) in [6.07, 6.45) is 9.93. The largest absolute Gasteiger partial charge is 0.394 e. The lowest BCUT2D eigenvalue weighted by atomic mass is 9.81. The van der Waals surface area contributed by atoms with E-state index in [1.54, 1.807) is 6.20 Å². The number of nitrogens with one attached hydrogen (secondary N) is 1. The summed E-state index contributed by atoms with van der Waals surface area (Å²) in [6, 6.07) is 0. The summed E-state index contributed by atoms with van der Waals surface area (Å²) in [7, 11) is 0. The summed E-state index contributed by atoms with van der Waals surface area (Å²) >= 11 is 0. The number of hydrogen-bond donors (Lipinski definition) is 2. The Hall–Kier alpha value is -1.32. The van der Waals surface area contributed by atoms with E-state index in [2.05, 4.69) is 22.2 Å². The Morgan fingerprint density at radius 1 is 1.47 bits per heavy atom. The molecule has 1 fully saturated rings. The first-order valence-electron chi connectivity index (χ1n) is 6.55. The second kappa shape index (κ2) is 5.84. The number of hydrogen-bond acceptors (Lipinski definition) is 4. The lowest BCUT2D eigenvalue weighted by Gasteiger charge is -2.26. The van der Waals surface area contributed by atoms with E-state index in [1.807, 2.05) is 0 Å². The molecule has 4 heteroatoms. The average Bonchev–Trinajstić information content (AvgIpc) is 2.32. The third-order valence-electron chi connectivity index (χ3n) is 3.63. The van der Waals surface area contributed by atoms with Gasteiger partial charge >= 0.3 is 0 Å². The van der Waals surface area contributed by atoms with E-state index < -0.39 is 0 Å². The molecule has 1 saturated carbocycles. The quantitative estimate of drug-likeness (QED) is 0.840. The highest BCUT2D eigenvalue weighted by Crippen LogP contribution is 2.30. The molecule has 1 aliphatic carbocycles. The van der Waals surface area contributed by atoms with Crippen LogP contribution in [0.4, 0.5) is 11.5 Å². The Morgan fingerprint density at radius 2 is 2.35 bits per heavy atom. The fourth-order valence-electron chi connectivity index (χ4n) is 2.70. The first-order valence-corrected chi connectivity index (χ1v) is 6.55. The van der Waals surface area contributed by atoms with Gasteiger partial charge in [0.05, 0.1) is 11.9 Å². The maximum absolute atomic E-state index is 5.77. The molecule has 17 heavy (non-hydrogen) atoms. The molecule has 94 valence electrons. The highest BCUT2D eigenvalue weighted by atomic mass is 15.0. The standard InChI is InChI=1S/C13H22N4/c1-10-3-2-4-11(7-10)5-6-16-13-12(14)8-15-9-17-13/h8-11H,2-7,14H2,1H3,(H,15,16,17). The Labute approximate surface area is 103 Å². The van der Waals surface area contributed by atoms with Gasteiger partial charge in [0.1, 0.15) is 6.33 Å². The van der Waals surface area contributed by atoms with Gasteiger partial charge in [0.25, 0.3) is 0 Å². The molecule has 0 bridgehead atoms. The van der Waals surface area contributed by atoms with Crippen molar-refractivity contribution in [3.8, 4) is 0 Å². The van der Waals surface area contributed by atoms with Crippen molar-refractivity contribution in [1.82, 2.24) is 9.97 Å². The van der Waals surface area contributed by atoms with Crippen LogP contribution >= 0.6 is 0 Å². The van der Waals surface area contributed by atoms with E-state index in [4.69, 9.17) is 5.73 Å². The molecule has 2 rings (SSSR count). The van der Waals surface area contributed by atoms with Gasteiger partial charge in [-0.05, 0) is 24.7 Å². The van der Waals surface area contributed by atoms with Crippen molar-refractivity contribution in [2.45, 2.75) is 39.0 Å². The molecule has 2 atom stereocenters. The Kier molecular flexibility index (Phi) is 4.18. The molecule has 0 spiro atoms.